The number of nitrogens with one attached hydrogen (secondary N) is 1. The van der Waals surface area contributed by atoms with E-state index < -0.39 is 0 Å². The van der Waals surface area contributed by atoms with Gasteiger partial charge in [0.25, 0.3) is 0 Å². The molecule has 0 bridgehead atoms. The zero-order valence-corrected chi connectivity index (χ0v) is 9.16. The van der Waals surface area contributed by atoms with Crippen molar-refractivity contribution in [1.82, 2.24) is 24.9 Å². The molecular weight excluding hydrogens is 210 g/mol. The van der Waals surface area contributed by atoms with Gasteiger partial charge in [0.2, 0.25) is 0 Å². The summed E-state index contributed by atoms with van der Waals surface area (Å²) in [4.78, 5) is 9.31. The molecule has 2 heterocycles. The van der Waals surface area contributed by atoms with Crippen molar-refractivity contribution in [2.24, 2.45) is 0 Å². The third-order valence-corrected chi connectivity index (χ3v) is 2.62. The van der Waals surface area contributed by atoms with E-state index in [1.54, 1.807) is 18.6 Å². The van der Waals surface area contributed by atoms with Gasteiger partial charge in [0.05, 0.1) is 11.1 Å². The van der Waals surface area contributed by atoms with Crippen LogP contribution in [0, 0.1) is 0 Å². The van der Waals surface area contributed by atoms with Gasteiger partial charge in [-0.15, -0.1) is 5.10 Å². The Labute approximate surface area is 91.8 Å². The summed E-state index contributed by atoms with van der Waals surface area (Å²) in [6, 6.07) is 0. The van der Waals surface area contributed by atoms with Crippen molar-refractivity contribution in [3.8, 4) is 11.4 Å². The molecule has 6 heteroatoms. The molecule has 0 aliphatic heterocycles. The van der Waals surface area contributed by atoms with E-state index in [0.717, 1.165) is 29.4 Å². The normalized spacial score (nSPS) is 10.5. The maximum absolute atomic E-state index is 4.20. The first kappa shape index (κ1) is 10.1. The molecule has 0 saturated heterocycles. The second kappa shape index (κ2) is 4.90. The maximum atomic E-state index is 4.20. The first-order valence-electron chi connectivity index (χ1n) is 4.70. The van der Waals surface area contributed by atoms with Crippen LogP contribution in [0.3, 0.4) is 0 Å². The van der Waals surface area contributed by atoms with Crippen molar-refractivity contribution < 1.29 is 0 Å². The van der Waals surface area contributed by atoms with Crippen LogP contribution in [0.15, 0.2) is 18.6 Å². The molecule has 0 spiro atoms. The Hall–Kier alpha value is -1.40. The summed E-state index contributed by atoms with van der Waals surface area (Å²) in [5.41, 5.74) is 1.60. The highest BCUT2D eigenvalue weighted by Crippen LogP contribution is 2.20. The van der Waals surface area contributed by atoms with Gasteiger partial charge in [0.15, 0.2) is 0 Å². The van der Waals surface area contributed by atoms with Crippen LogP contribution in [-0.4, -0.2) is 26.1 Å². The highest BCUT2D eigenvalue weighted by atomic mass is 32.1. The number of nitrogens with zero attached hydrogens (tertiary/aromatic N) is 4. The highest BCUT2D eigenvalue weighted by molar-refractivity contribution is 7.05. The monoisotopic (exact) mass is 221 g/mol. The van der Waals surface area contributed by atoms with E-state index in [4.69, 9.17) is 0 Å². The lowest BCUT2D eigenvalue weighted by molar-refractivity contribution is 0.735. The average molecular weight is 221 g/mol. The first-order chi connectivity index (χ1) is 7.42. The van der Waals surface area contributed by atoms with Gasteiger partial charge in [0, 0.05) is 18.9 Å². The van der Waals surface area contributed by atoms with Crippen molar-refractivity contribution in [3.05, 3.63) is 23.5 Å². The molecule has 5 nitrogen and oxygen atoms in total. The quantitative estimate of drug-likeness (QED) is 0.837. The van der Waals surface area contributed by atoms with Crippen molar-refractivity contribution in [3.63, 3.8) is 0 Å². The maximum Gasteiger partial charge on any atom is 0.130 e. The SMILES string of the molecule is CCNCc1snnc1-c1cnccn1. The van der Waals surface area contributed by atoms with E-state index in [0.29, 0.717) is 0 Å². The van der Waals surface area contributed by atoms with Gasteiger partial charge in [-0.2, -0.15) is 0 Å². The van der Waals surface area contributed by atoms with Crippen LogP contribution in [0.2, 0.25) is 0 Å². The van der Waals surface area contributed by atoms with Crippen LogP contribution >= 0.6 is 11.5 Å². The van der Waals surface area contributed by atoms with Crippen LogP contribution < -0.4 is 5.32 Å². The van der Waals surface area contributed by atoms with Gasteiger partial charge in [0.1, 0.15) is 11.4 Å². The minimum absolute atomic E-state index is 0.777. The molecule has 0 aliphatic rings. The van der Waals surface area contributed by atoms with E-state index in [1.807, 2.05) is 0 Å². The van der Waals surface area contributed by atoms with Crippen LogP contribution in [-0.2, 0) is 6.54 Å². The fourth-order valence-electron chi connectivity index (χ4n) is 1.18. The molecule has 0 amide bonds. The van der Waals surface area contributed by atoms with Gasteiger partial charge >= 0.3 is 0 Å². The molecule has 2 aromatic heterocycles. The standard InChI is InChI=1S/C9H11N5S/c1-2-10-6-8-9(13-14-15-8)7-5-11-3-4-12-7/h3-5,10H,2,6H2,1H3. The van der Waals surface area contributed by atoms with Crippen molar-refractivity contribution in [2.45, 2.75) is 13.5 Å². The molecule has 0 radical (unpaired) electrons. The summed E-state index contributed by atoms with van der Waals surface area (Å²) >= 11 is 1.39. The molecule has 0 aliphatic carbocycles. The zero-order chi connectivity index (χ0) is 10.5. The number of hydrogen-bond acceptors (Lipinski definition) is 6. The molecule has 78 valence electrons. The Morgan fingerprint density at radius 1 is 1.40 bits per heavy atom. The minimum Gasteiger partial charge on any atom is -0.312 e. The Bertz CT molecular complexity index is 413. The van der Waals surface area contributed by atoms with Gasteiger partial charge in [-0.3, -0.25) is 9.97 Å². The zero-order valence-electron chi connectivity index (χ0n) is 8.34. The summed E-state index contributed by atoms with van der Waals surface area (Å²) in [5.74, 6) is 0. The third-order valence-electron chi connectivity index (χ3n) is 1.90. The molecule has 0 aromatic carbocycles. The van der Waals surface area contributed by atoms with Crippen LogP contribution in [0.1, 0.15) is 11.8 Å². The lowest BCUT2D eigenvalue weighted by atomic mass is 10.3. The number of rotatable bonds is 4. The molecule has 2 rings (SSSR count). The molecule has 2 aromatic rings. The average Bonchev–Trinajstić information content (AvgIpc) is 2.75. The topological polar surface area (TPSA) is 63.6 Å². The Morgan fingerprint density at radius 2 is 2.33 bits per heavy atom. The molecule has 0 fully saturated rings. The largest absolute Gasteiger partial charge is 0.312 e. The van der Waals surface area contributed by atoms with E-state index in [9.17, 15) is 0 Å². The van der Waals surface area contributed by atoms with E-state index >= 15 is 0 Å². The molecule has 0 unspecified atom stereocenters. The van der Waals surface area contributed by atoms with E-state index in [1.165, 1.54) is 11.5 Å². The minimum atomic E-state index is 0.777. The fraction of sp³-hybridized carbons (Fsp3) is 0.333. The first-order valence-corrected chi connectivity index (χ1v) is 5.47. The molecule has 0 saturated carbocycles. The highest BCUT2D eigenvalue weighted by Gasteiger charge is 2.10. The summed E-state index contributed by atoms with van der Waals surface area (Å²) in [6.45, 7) is 3.77. The summed E-state index contributed by atoms with van der Waals surface area (Å²) in [6.07, 6.45) is 5.01. The van der Waals surface area contributed by atoms with Crippen molar-refractivity contribution >= 4 is 11.5 Å². The van der Waals surface area contributed by atoms with Crippen LogP contribution in [0.4, 0.5) is 0 Å². The Balaban J connectivity index is 2.25. The Morgan fingerprint density at radius 3 is 3.07 bits per heavy atom. The second-order valence-electron chi connectivity index (χ2n) is 2.92. The van der Waals surface area contributed by atoms with Crippen LogP contribution in [0.25, 0.3) is 11.4 Å². The second-order valence-corrected chi connectivity index (χ2v) is 3.75. The molecular formula is C9H11N5S. The molecule has 0 atom stereocenters. The van der Waals surface area contributed by atoms with Crippen LogP contribution in [0.5, 0.6) is 0 Å². The van der Waals surface area contributed by atoms with E-state index in [-0.39, 0.29) is 0 Å². The lowest BCUT2D eigenvalue weighted by Crippen LogP contribution is -2.11. The van der Waals surface area contributed by atoms with Crippen molar-refractivity contribution in [1.29, 1.82) is 0 Å². The Kier molecular flexibility index (Phi) is 3.31. The van der Waals surface area contributed by atoms with E-state index in [2.05, 4.69) is 31.8 Å². The third kappa shape index (κ3) is 2.34. The number of aromatic nitrogens is 4. The lowest BCUT2D eigenvalue weighted by Gasteiger charge is -2.00. The summed E-state index contributed by atoms with van der Waals surface area (Å²) < 4.78 is 3.94. The fourth-order valence-corrected chi connectivity index (χ4v) is 1.80. The number of hydrogen-bond donors (Lipinski definition) is 1. The summed E-state index contributed by atoms with van der Waals surface area (Å²) in [5, 5.41) is 7.31. The van der Waals surface area contributed by atoms with Gasteiger partial charge in [-0.1, -0.05) is 11.4 Å². The van der Waals surface area contributed by atoms with Gasteiger partial charge in [-0.05, 0) is 18.1 Å². The predicted octanol–water partition coefficient (Wildman–Crippen LogP) is 1.10. The molecule has 15 heavy (non-hydrogen) atoms. The predicted molar refractivity (Wildman–Crippen MR) is 58.3 cm³/mol. The van der Waals surface area contributed by atoms with Gasteiger partial charge < -0.3 is 5.32 Å². The smallest absolute Gasteiger partial charge is 0.130 e. The van der Waals surface area contributed by atoms with Crippen molar-refractivity contribution in [2.75, 3.05) is 6.54 Å². The van der Waals surface area contributed by atoms with Gasteiger partial charge in [-0.25, -0.2) is 0 Å². The summed E-state index contributed by atoms with van der Waals surface area (Å²) in [7, 11) is 0. The molecule has 1 N–H and O–H groups in total.